The molecule has 2 aromatic rings. The standard InChI is InChI=1S/C20H21F3N4O4/c1-4-5-6-13(28)26-19(20(21,22)23)14-15(24-17(19)30)27(18(31)25-16(14)29)12-8-7-10(2)11(3)9-12/h7-9H,4-6H2,1-3H3,(H,24,30)(H,26,28)(H,25,29,31)/t19-/m1/s1. The molecule has 31 heavy (non-hydrogen) atoms. The molecule has 3 rings (SSSR count). The molecule has 1 aliphatic rings. The van der Waals surface area contributed by atoms with Crippen molar-refractivity contribution in [3.8, 4) is 5.69 Å². The Hall–Kier alpha value is -3.37. The summed E-state index contributed by atoms with van der Waals surface area (Å²) in [5.74, 6) is -3.32. The summed E-state index contributed by atoms with van der Waals surface area (Å²) in [6.07, 6.45) is -4.76. The van der Waals surface area contributed by atoms with E-state index >= 15 is 0 Å². The van der Waals surface area contributed by atoms with Crippen molar-refractivity contribution in [1.82, 2.24) is 14.9 Å². The maximum Gasteiger partial charge on any atom is 0.425 e. The van der Waals surface area contributed by atoms with Crippen LogP contribution in [-0.2, 0) is 15.1 Å². The van der Waals surface area contributed by atoms with Crippen molar-refractivity contribution in [1.29, 1.82) is 0 Å². The molecule has 0 spiro atoms. The first kappa shape index (κ1) is 22.3. The molecular formula is C20H21F3N4O4. The van der Waals surface area contributed by atoms with Gasteiger partial charge in [-0.25, -0.2) is 9.36 Å². The van der Waals surface area contributed by atoms with Crippen LogP contribution in [0.5, 0.6) is 0 Å². The van der Waals surface area contributed by atoms with E-state index in [0.29, 0.717) is 12.8 Å². The van der Waals surface area contributed by atoms with Gasteiger partial charge in [0.15, 0.2) is 0 Å². The van der Waals surface area contributed by atoms with E-state index in [-0.39, 0.29) is 12.1 Å². The summed E-state index contributed by atoms with van der Waals surface area (Å²) in [6, 6.07) is 4.66. The van der Waals surface area contributed by atoms with Crippen LogP contribution in [0, 0.1) is 13.8 Å². The lowest BCUT2D eigenvalue weighted by molar-refractivity contribution is -0.200. The molecule has 0 radical (unpaired) electrons. The molecule has 166 valence electrons. The van der Waals surface area contributed by atoms with Crippen molar-refractivity contribution in [3.63, 3.8) is 0 Å². The van der Waals surface area contributed by atoms with Gasteiger partial charge < -0.3 is 10.6 Å². The van der Waals surface area contributed by atoms with Crippen LogP contribution in [0.15, 0.2) is 27.8 Å². The van der Waals surface area contributed by atoms with Crippen LogP contribution in [0.2, 0.25) is 0 Å². The van der Waals surface area contributed by atoms with E-state index < -0.39 is 46.2 Å². The minimum Gasteiger partial charge on any atom is -0.330 e. The average molecular weight is 438 g/mol. The Morgan fingerprint density at radius 2 is 1.84 bits per heavy atom. The smallest absolute Gasteiger partial charge is 0.330 e. The third-order valence-electron chi connectivity index (χ3n) is 5.32. The number of aromatic amines is 1. The van der Waals surface area contributed by atoms with Gasteiger partial charge in [-0.2, -0.15) is 13.2 Å². The van der Waals surface area contributed by atoms with Crippen molar-refractivity contribution in [3.05, 3.63) is 55.7 Å². The first-order valence-corrected chi connectivity index (χ1v) is 9.60. The fourth-order valence-electron chi connectivity index (χ4n) is 3.50. The van der Waals surface area contributed by atoms with E-state index in [0.717, 1.165) is 15.7 Å². The zero-order valence-electron chi connectivity index (χ0n) is 17.1. The van der Waals surface area contributed by atoms with Gasteiger partial charge in [-0.15, -0.1) is 0 Å². The number of alkyl halides is 3. The van der Waals surface area contributed by atoms with E-state index in [1.165, 1.54) is 12.1 Å². The minimum atomic E-state index is -5.34. The van der Waals surface area contributed by atoms with Crippen LogP contribution in [0.3, 0.4) is 0 Å². The highest BCUT2D eigenvalue weighted by atomic mass is 19.4. The fourth-order valence-corrected chi connectivity index (χ4v) is 3.50. The van der Waals surface area contributed by atoms with Gasteiger partial charge in [-0.3, -0.25) is 19.4 Å². The van der Waals surface area contributed by atoms with Gasteiger partial charge >= 0.3 is 11.9 Å². The Kier molecular flexibility index (Phi) is 5.55. The van der Waals surface area contributed by atoms with Crippen molar-refractivity contribution < 1.29 is 22.8 Å². The number of amides is 2. The molecule has 0 fully saturated rings. The molecule has 0 bridgehead atoms. The Morgan fingerprint density at radius 3 is 2.42 bits per heavy atom. The number of hydrogen-bond acceptors (Lipinski definition) is 4. The topological polar surface area (TPSA) is 113 Å². The number of halogens is 3. The number of benzene rings is 1. The molecule has 0 aliphatic carbocycles. The molecule has 1 atom stereocenters. The molecule has 0 saturated heterocycles. The maximum absolute atomic E-state index is 14.2. The van der Waals surface area contributed by atoms with E-state index in [1.54, 1.807) is 25.2 Å². The van der Waals surface area contributed by atoms with Crippen LogP contribution in [0.4, 0.5) is 19.0 Å². The first-order chi connectivity index (χ1) is 14.4. The van der Waals surface area contributed by atoms with Crippen LogP contribution in [0.25, 0.3) is 5.69 Å². The number of rotatable bonds is 5. The Morgan fingerprint density at radius 1 is 1.16 bits per heavy atom. The molecule has 0 saturated carbocycles. The third kappa shape index (κ3) is 3.53. The molecule has 1 aliphatic heterocycles. The predicted molar refractivity (Wildman–Crippen MR) is 106 cm³/mol. The molecule has 3 N–H and O–H groups in total. The number of fused-ring (bicyclic) bond motifs is 1. The maximum atomic E-state index is 14.2. The molecule has 2 heterocycles. The highest BCUT2D eigenvalue weighted by Crippen LogP contribution is 2.45. The van der Waals surface area contributed by atoms with Gasteiger partial charge in [0.05, 0.1) is 5.69 Å². The Labute approximate surface area is 174 Å². The molecule has 2 amide bonds. The second-order valence-corrected chi connectivity index (χ2v) is 7.44. The number of nitrogens with zero attached hydrogens (tertiary/aromatic N) is 1. The number of anilines is 1. The van der Waals surface area contributed by atoms with E-state index in [4.69, 9.17) is 0 Å². The molecule has 0 unspecified atom stereocenters. The predicted octanol–water partition coefficient (Wildman–Crippen LogP) is 2.16. The number of unbranched alkanes of at least 4 members (excludes halogenated alkanes) is 1. The lowest BCUT2D eigenvalue weighted by Crippen LogP contribution is -2.62. The van der Waals surface area contributed by atoms with Gasteiger partial charge in [-0.1, -0.05) is 19.4 Å². The second-order valence-electron chi connectivity index (χ2n) is 7.44. The van der Waals surface area contributed by atoms with Crippen molar-refractivity contribution >= 4 is 17.6 Å². The summed E-state index contributed by atoms with van der Waals surface area (Å²) < 4.78 is 43.5. The van der Waals surface area contributed by atoms with Gasteiger partial charge in [0.2, 0.25) is 11.4 Å². The molecule has 11 heteroatoms. The highest BCUT2D eigenvalue weighted by Gasteiger charge is 2.68. The molecular weight excluding hydrogens is 417 g/mol. The van der Waals surface area contributed by atoms with Crippen molar-refractivity contribution in [2.75, 3.05) is 5.32 Å². The van der Waals surface area contributed by atoms with Crippen LogP contribution >= 0.6 is 0 Å². The highest BCUT2D eigenvalue weighted by molar-refractivity contribution is 6.07. The zero-order valence-corrected chi connectivity index (χ0v) is 17.1. The Balaban J connectivity index is 2.31. The summed E-state index contributed by atoms with van der Waals surface area (Å²) in [5, 5.41) is 3.73. The van der Waals surface area contributed by atoms with E-state index in [1.807, 2.05) is 17.2 Å². The molecule has 8 nitrogen and oxygen atoms in total. The van der Waals surface area contributed by atoms with Crippen molar-refractivity contribution in [2.24, 2.45) is 0 Å². The van der Waals surface area contributed by atoms with Crippen LogP contribution in [0.1, 0.15) is 42.9 Å². The van der Waals surface area contributed by atoms with Gasteiger partial charge in [0, 0.05) is 6.42 Å². The number of carbonyl (C=O) groups excluding carboxylic acids is 2. The number of aryl methyl sites for hydroxylation is 2. The Bertz CT molecular complexity index is 1180. The van der Waals surface area contributed by atoms with E-state index in [2.05, 4.69) is 0 Å². The number of aromatic nitrogens is 2. The summed E-state index contributed by atoms with van der Waals surface area (Å²) in [7, 11) is 0. The number of carbonyl (C=O) groups is 2. The minimum absolute atomic E-state index is 0.149. The normalized spacial score (nSPS) is 17.9. The number of H-pyrrole nitrogens is 1. The van der Waals surface area contributed by atoms with Crippen LogP contribution < -0.4 is 21.9 Å². The van der Waals surface area contributed by atoms with Gasteiger partial charge in [0.1, 0.15) is 11.4 Å². The number of nitrogens with one attached hydrogen (secondary N) is 3. The van der Waals surface area contributed by atoms with Gasteiger partial charge in [0.25, 0.3) is 11.5 Å². The second kappa shape index (κ2) is 7.71. The lowest BCUT2D eigenvalue weighted by atomic mass is 9.91. The largest absolute Gasteiger partial charge is 0.425 e. The monoisotopic (exact) mass is 438 g/mol. The number of hydrogen-bond donors (Lipinski definition) is 3. The van der Waals surface area contributed by atoms with Crippen LogP contribution in [-0.4, -0.2) is 27.5 Å². The molecule has 1 aromatic carbocycles. The first-order valence-electron chi connectivity index (χ1n) is 9.60. The third-order valence-corrected chi connectivity index (χ3v) is 5.32. The lowest BCUT2D eigenvalue weighted by Gasteiger charge is -2.30. The van der Waals surface area contributed by atoms with Crippen molar-refractivity contribution in [2.45, 2.75) is 51.7 Å². The zero-order chi connectivity index (χ0) is 23.1. The summed E-state index contributed by atoms with van der Waals surface area (Å²) >= 11 is 0. The average Bonchev–Trinajstić information content (AvgIpc) is 2.96. The van der Waals surface area contributed by atoms with E-state index in [9.17, 15) is 32.3 Å². The summed E-state index contributed by atoms with van der Waals surface area (Å²) in [5.41, 5.74) is -5.37. The summed E-state index contributed by atoms with van der Waals surface area (Å²) in [4.78, 5) is 51.8. The fraction of sp³-hybridized carbons (Fsp3) is 0.400. The summed E-state index contributed by atoms with van der Waals surface area (Å²) in [6.45, 7) is 5.29. The van der Waals surface area contributed by atoms with Gasteiger partial charge in [-0.05, 0) is 43.5 Å². The quantitative estimate of drug-likeness (QED) is 0.664. The SMILES string of the molecule is CCCCC(=O)N[C@@]1(C(F)(F)F)C(=O)Nc2c1c(=O)[nH]c(=O)n2-c1ccc(C)c(C)c1. The molecule has 1 aromatic heterocycles.